The number of benzene rings is 3. The zero-order valence-electron chi connectivity index (χ0n) is 25.1. The van der Waals surface area contributed by atoms with Crippen molar-refractivity contribution >= 4 is 34.9 Å². The number of ether oxygens (including phenoxy) is 1. The molecule has 0 N–H and O–H groups in total. The number of alkyl halides is 2. The topological polar surface area (TPSA) is 50.1 Å². The van der Waals surface area contributed by atoms with Gasteiger partial charge in [0.25, 0.3) is 5.56 Å². The zero-order valence-corrected chi connectivity index (χ0v) is 25.9. The molecule has 44 heavy (non-hydrogen) atoms. The summed E-state index contributed by atoms with van der Waals surface area (Å²) in [6, 6.07) is 22.9. The molecular formula is C35H34F2N4O2S. The number of anilines is 2. The molecule has 0 bridgehead atoms. The van der Waals surface area contributed by atoms with E-state index in [0.717, 1.165) is 53.0 Å². The normalized spacial score (nSPS) is 17.4. The second kappa shape index (κ2) is 12.2. The van der Waals surface area contributed by atoms with Crippen molar-refractivity contribution in [2.45, 2.75) is 31.9 Å². The average Bonchev–Trinajstić information content (AvgIpc) is 3.31. The maximum Gasteiger partial charge on any atom is 0.387 e. The van der Waals surface area contributed by atoms with Crippen LogP contribution in [0.2, 0.25) is 0 Å². The number of hydrogen-bond acceptors (Lipinski definition) is 6. The molecule has 3 aromatic carbocycles. The van der Waals surface area contributed by atoms with Gasteiger partial charge in [-0.25, -0.2) is 4.99 Å². The van der Waals surface area contributed by atoms with E-state index in [1.54, 1.807) is 18.2 Å². The number of nitrogens with zero attached hydrogens (tertiary/aromatic N) is 4. The predicted octanol–water partition coefficient (Wildman–Crippen LogP) is 6.22. The minimum atomic E-state index is -2.89. The highest BCUT2D eigenvalue weighted by Crippen LogP contribution is 2.41. The van der Waals surface area contributed by atoms with Gasteiger partial charge >= 0.3 is 6.61 Å². The first-order chi connectivity index (χ1) is 21.2. The fourth-order valence-electron chi connectivity index (χ4n) is 5.78. The van der Waals surface area contributed by atoms with Gasteiger partial charge in [0.2, 0.25) is 0 Å². The van der Waals surface area contributed by atoms with E-state index in [2.05, 4.69) is 69.1 Å². The molecule has 0 amide bonds. The summed E-state index contributed by atoms with van der Waals surface area (Å²) in [5.74, 6) is 0.0723. The van der Waals surface area contributed by atoms with Gasteiger partial charge in [0.1, 0.15) is 5.75 Å². The molecule has 6 rings (SSSR count). The first kappa shape index (κ1) is 29.6. The molecule has 1 aliphatic carbocycles. The molecule has 0 fully saturated rings. The summed E-state index contributed by atoms with van der Waals surface area (Å²) in [5, 5.41) is 0. The van der Waals surface area contributed by atoms with Crippen molar-refractivity contribution in [2.24, 2.45) is 4.99 Å². The number of fused-ring (bicyclic) bond motifs is 1. The Balaban J connectivity index is 1.49. The molecule has 0 saturated heterocycles. The van der Waals surface area contributed by atoms with Gasteiger partial charge in [-0.1, -0.05) is 47.7 Å². The monoisotopic (exact) mass is 612 g/mol. The highest BCUT2D eigenvalue weighted by Gasteiger charge is 2.32. The molecule has 1 aromatic heterocycles. The smallest absolute Gasteiger partial charge is 0.387 e. The molecule has 226 valence electrons. The van der Waals surface area contributed by atoms with Crippen molar-refractivity contribution in [3.05, 3.63) is 126 Å². The van der Waals surface area contributed by atoms with Gasteiger partial charge in [-0.2, -0.15) is 8.78 Å². The van der Waals surface area contributed by atoms with E-state index in [1.807, 2.05) is 32.8 Å². The molecule has 0 saturated carbocycles. The summed E-state index contributed by atoms with van der Waals surface area (Å²) in [5.41, 5.74) is 8.26. The highest BCUT2D eigenvalue weighted by molar-refractivity contribution is 7.07. The number of thiazole rings is 1. The van der Waals surface area contributed by atoms with Gasteiger partial charge in [-0.05, 0) is 95.6 Å². The summed E-state index contributed by atoms with van der Waals surface area (Å²) in [6.45, 7) is -2.89. The summed E-state index contributed by atoms with van der Waals surface area (Å²) < 4.78 is 32.1. The molecule has 9 heteroatoms. The maximum atomic E-state index is 14.0. The van der Waals surface area contributed by atoms with Crippen molar-refractivity contribution < 1.29 is 13.5 Å². The van der Waals surface area contributed by atoms with E-state index >= 15 is 0 Å². The van der Waals surface area contributed by atoms with E-state index in [1.165, 1.54) is 29.0 Å². The highest BCUT2D eigenvalue weighted by atomic mass is 32.1. The van der Waals surface area contributed by atoms with Crippen LogP contribution >= 0.6 is 11.3 Å². The molecule has 1 atom stereocenters. The van der Waals surface area contributed by atoms with Gasteiger partial charge in [-0.15, -0.1) is 0 Å². The summed E-state index contributed by atoms with van der Waals surface area (Å²) in [4.78, 5) is 24.0. The molecule has 6 nitrogen and oxygen atoms in total. The fourth-order valence-corrected chi connectivity index (χ4v) is 6.78. The quantitative estimate of drug-likeness (QED) is 0.249. The Bertz CT molecular complexity index is 1900. The van der Waals surface area contributed by atoms with Crippen LogP contribution in [-0.2, 0) is 0 Å². The summed E-state index contributed by atoms with van der Waals surface area (Å²) >= 11 is 1.35. The summed E-state index contributed by atoms with van der Waals surface area (Å²) in [7, 11) is 8.07. The SMILES string of the molecule is CN(C)c1ccc(C=C2CCCC3=C2N=c2sc(=Cc4ccc(OC(F)F)cc4)c(=O)n2C3c2ccc(N(C)C)cc2)cc1. The Labute approximate surface area is 259 Å². The van der Waals surface area contributed by atoms with Gasteiger partial charge in [0, 0.05) is 39.6 Å². The van der Waals surface area contributed by atoms with Crippen LogP contribution in [0.25, 0.3) is 12.2 Å². The van der Waals surface area contributed by atoms with Crippen LogP contribution in [0.15, 0.2) is 99.4 Å². The second-order valence-corrected chi connectivity index (χ2v) is 12.4. The van der Waals surface area contributed by atoms with Crippen LogP contribution < -0.4 is 29.4 Å². The minimum Gasteiger partial charge on any atom is -0.435 e. The van der Waals surface area contributed by atoms with Gasteiger partial charge in [-0.3, -0.25) is 9.36 Å². The van der Waals surface area contributed by atoms with E-state index in [-0.39, 0.29) is 17.4 Å². The fraction of sp³-hybridized carbons (Fsp3) is 0.257. The molecule has 0 radical (unpaired) electrons. The maximum absolute atomic E-state index is 14.0. The Morgan fingerprint density at radius 2 is 1.45 bits per heavy atom. The van der Waals surface area contributed by atoms with Crippen LogP contribution in [0.1, 0.15) is 42.0 Å². The third kappa shape index (κ3) is 5.97. The van der Waals surface area contributed by atoms with Crippen molar-refractivity contribution in [1.29, 1.82) is 0 Å². The van der Waals surface area contributed by atoms with E-state index in [9.17, 15) is 13.6 Å². The lowest BCUT2D eigenvalue weighted by Gasteiger charge is -2.31. The number of aromatic nitrogens is 1. The standard InChI is InChI=1S/C35H34F2N4O2S/c1-39(2)26-14-8-22(9-15-26)20-25-6-5-7-29-31(25)38-35-41(32(29)24-12-16-27(17-13-24)40(3)4)33(42)30(44-35)21-23-10-18-28(19-11-23)43-34(36)37/h8-21,32,34H,5-7H2,1-4H3. The lowest BCUT2D eigenvalue weighted by Crippen LogP contribution is -2.39. The Kier molecular flexibility index (Phi) is 8.23. The van der Waals surface area contributed by atoms with E-state index in [0.29, 0.717) is 14.9 Å². The molecule has 0 spiro atoms. The first-order valence-electron chi connectivity index (χ1n) is 14.5. The predicted molar refractivity (Wildman–Crippen MR) is 175 cm³/mol. The molecule has 1 unspecified atom stereocenters. The zero-order chi connectivity index (χ0) is 31.0. The van der Waals surface area contributed by atoms with E-state index < -0.39 is 6.61 Å². The largest absolute Gasteiger partial charge is 0.435 e. The van der Waals surface area contributed by atoms with Gasteiger partial charge in [0.05, 0.1) is 16.3 Å². The third-order valence-corrected chi connectivity index (χ3v) is 8.99. The van der Waals surface area contributed by atoms with Gasteiger partial charge < -0.3 is 14.5 Å². The average molecular weight is 613 g/mol. The van der Waals surface area contributed by atoms with Crippen LogP contribution in [0.5, 0.6) is 5.75 Å². The van der Waals surface area contributed by atoms with Crippen LogP contribution in [0.3, 0.4) is 0 Å². The number of rotatable bonds is 7. The number of hydrogen-bond donors (Lipinski definition) is 0. The van der Waals surface area contributed by atoms with E-state index in [4.69, 9.17) is 4.99 Å². The number of halogens is 2. The molecule has 2 aliphatic rings. The molecular weight excluding hydrogens is 578 g/mol. The van der Waals surface area contributed by atoms with Crippen molar-refractivity contribution in [2.75, 3.05) is 38.0 Å². The van der Waals surface area contributed by atoms with Crippen molar-refractivity contribution in [3.63, 3.8) is 0 Å². The Morgan fingerprint density at radius 1 is 0.864 bits per heavy atom. The van der Waals surface area contributed by atoms with Crippen LogP contribution in [-0.4, -0.2) is 39.4 Å². The Hall–Kier alpha value is -4.50. The first-order valence-corrected chi connectivity index (χ1v) is 15.3. The number of allylic oxidation sites excluding steroid dienone is 2. The molecule has 2 heterocycles. The minimum absolute atomic E-state index is 0.0723. The third-order valence-electron chi connectivity index (χ3n) is 8.01. The summed E-state index contributed by atoms with van der Waals surface area (Å²) in [6.07, 6.45) is 6.74. The van der Waals surface area contributed by atoms with Crippen LogP contribution in [0, 0.1) is 0 Å². The van der Waals surface area contributed by atoms with Crippen molar-refractivity contribution in [1.82, 2.24) is 4.57 Å². The molecule has 1 aliphatic heterocycles. The lowest BCUT2D eigenvalue weighted by atomic mass is 9.83. The van der Waals surface area contributed by atoms with Crippen LogP contribution in [0.4, 0.5) is 20.2 Å². The Morgan fingerprint density at radius 3 is 2.07 bits per heavy atom. The van der Waals surface area contributed by atoms with Gasteiger partial charge in [0.15, 0.2) is 4.80 Å². The van der Waals surface area contributed by atoms with Crippen molar-refractivity contribution in [3.8, 4) is 5.75 Å². The lowest BCUT2D eigenvalue weighted by molar-refractivity contribution is -0.0498. The molecule has 4 aromatic rings. The second-order valence-electron chi connectivity index (χ2n) is 11.4.